The summed E-state index contributed by atoms with van der Waals surface area (Å²) in [4.78, 5) is 18.1. The third kappa shape index (κ3) is 3.69. The molecule has 126 valence electrons. The number of carbonyl (C=O) groups excluding carboxylic acids is 1. The van der Waals surface area contributed by atoms with Crippen LogP contribution in [0, 0.1) is 0 Å². The molecule has 0 atom stereocenters. The van der Waals surface area contributed by atoms with E-state index in [9.17, 15) is 4.79 Å². The van der Waals surface area contributed by atoms with Gasteiger partial charge in [-0.3, -0.25) is 4.79 Å². The molecule has 1 saturated heterocycles. The molecule has 0 aliphatic carbocycles. The van der Waals surface area contributed by atoms with Gasteiger partial charge in [-0.2, -0.15) is 0 Å². The van der Waals surface area contributed by atoms with Gasteiger partial charge in [-0.15, -0.1) is 10.2 Å². The fourth-order valence-corrected chi connectivity index (χ4v) is 2.91. The van der Waals surface area contributed by atoms with Gasteiger partial charge in [0.25, 0.3) is 0 Å². The number of anilines is 2. The van der Waals surface area contributed by atoms with E-state index in [1.807, 2.05) is 29.2 Å². The largest absolute Gasteiger partial charge is 0.338 e. The van der Waals surface area contributed by atoms with Gasteiger partial charge in [0.05, 0.1) is 11.4 Å². The van der Waals surface area contributed by atoms with Crippen LogP contribution < -0.4 is 5.32 Å². The van der Waals surface area contributed by atoms with E-state index >= 15 is 0 Å². The number of aromatic nitrogens is 3. The molecule has 0 unspecified atom stereocenters. The molecule has 0 radical (unpaired) electrons. The van der Waals surface area contributed by atoms with Crippen LogP contribution in [0.15, 0.2) is 24.3 Å². The lowest BCUT2D eigenvalue weighted by atomic mass is 10.2. The van der Waals surface area contributed by atoms with E-state index in [0.717, 1.165) is 48.4 Å². The molecule has 2 aromatic rings. The summed E-state index contributed by atoms with van der Waals surface area (Å²) in [7, 11) is 0. The molecular weight excluding hydrogens is 302 g/mol. The summed E-state index contributed by atoms with van der Waals surface area (Å²) >= 11 is 0. The second kappa shape index (κ2) is 7.38. The summed E-state index contributed by atoms with van der Waals surface area (Å²) in [5, 5.41) is 11.6. The lowest BCUT2D eigenvalue weighted by molar-refractivity contribution is -0.128. The van der Waals surface area contributed by atoms with Crippen LogP contribution in [0.1, 0.15) is 43.6 Å². The van der Waals surface area contributed by atoms with E-state index in [1.165, 1.54) is 0 Å². The first-order valence-corrected chi connectivity index (χ1v) is 8.55. The molecule has 0 bridgehead atoms. The number of rotatable bonds is 6. The van der Waals surface area contributed by atoms with Gasteiger partial charge in [0.2, 0.25) is 11.9 Å². The normalized spacial score (nSPS) is 14.2. The number of likely N-dealkylation sites (tertiary alicyclic amines) is 1. The minimum absolute atomic E-state index is 0.250. The maximum Gasteiger partial charge on any atom is 0.247 e. The first-order valence-electron chi connectivity index (χ1n) is 8.55. The zero-order valence-electron chi connectivity index (χ0n) is 14.2. The van der Waals surface area contributed by atoms with Gasteiger partial charge in [0, 0.05) is 25.2 Å². The SMILES string of the molecule is CCc1nnc(Nc2ccc(CN3CCCC3=O)cc2)nc1CC. The van der Waals surface area contributed by atoms with Crippen LogP contribution in [-0.2, 0) is 24.2 Å². The predicted octanol–water partition coefficient (Wildman–Crippen LogP) is 2.86. The highest BCUT2D eigenvalue weighted by Gasteiger charge is 2.19. The van der Waals surface area contributed by atoms with Crippen molar-refractivity contribution in [1.82, 2.24) is 20.1 Å². The molecule has 1 aromatic heterocycles. The predicted molar refractivity (Wildman–Crippen MR) is 93.0 cm³/mol. The average Bonchev–Trinajstić information content (AvgIpc) is 3.01. The molecule has 1 N–H and O–H groups in total. The van der Waals surface area contributed by atoms with Crippen molar-refractivity contribution in [1.29, 1.82) is 0 Å². The summed E-state index contributed by atoms with van der Waals surface area (Å²) in [6, 6.07) is 8.03. The molecular formula is C18H23N5O. The molecule has 0 saturated carbocycles. The number of amides is 1. The van der Waals surface area contributed by atoms with Crippen molar-refractivity contribution in [3.63, 3.8) is 0 Å². The Morgan fingerprint density at radius 1 is 1.08 bits per heavy atom. The molecule has 3 rings (SSSR count). The highest BCUT2D eigenvalue weighted by molar-refractivity contribution is 5.78. The highest BCUT2D eigenvalue weighted by Crippen LogP contribution is 2.18. The van der Waals surface area contributed by atoms with Gasteiger partial charge in [-0.25, -0.2) is 4.98 Å². The molecule has 1 aliphatic heterocycles. The maximum atomic E-state index is 11.7. The zero-order valence-corrected chi connectivity index (χ0v) is 14.2. The Kier molecular flexibility index (Phi) is 5.03. The topological polar surface area (TPSA) is 71.0 Å². The maximum absolute atomic E-state index is 11.7. The quantitative estimate of drug-likeness (QED) is 0.884. The van der Waals surface area contributed by atoms with Crippen molar-refractivity contribution < 1.29 is 4.79 Å². The highest BCUT2D eigenvalue weighted by atomic mass is 16.2. The van der Waals surface area contributed by atoms with Gasteiger partial charge in [0.1, 0.15) is 0 Å². The Morgan fingerprint density at radius 3 is 2.46 bits per heavy atom. The summed E-state index contributed by atoms with van der Waals surface area (Å²) < 4.78 is 0. The summed E-state index contributed by atoms with van der Waals surface area (Å²) in [6.07, 6.45) is 3.33. The third-order valence-electron chi connectivity index (χ3n) is 4.26. The van der Waals surface area contributed by atoms with Gasteiger partial charge < -0.3 is 10.2 Å². The van der Waals surface area contributed by atoms with Crippen molar-refractivity contribution in [2.45, 2.75) is 46.1 Å². The number of hydrogen-bond donors (Lipinski definition) is 1. The number of nitrogens with zero attached hydrogens (tertiary/aromatic N) is 4. The Labute approximate surface area is 142 Å². The second-order valence-corrected chi connectivity index (χ2v) is 5.98. The van der Waals surface area contributed by atoms with E-state index in [-0.39, 0.29) is 5.91 Å². The second-order valence-electron chi connectivity index (χ2n) is 5.98. The Bertz CT molecular complexity index is 714. The van der Waals surface area contributed by atoms with Gasteiger partial charge in [0.15, 0.2) is 0 Å². The number of benzene rings is 1. The van der Waals surface area contributed by atoms with Crippen LogP contribution in [0.4, 0.5) is 11.6 Å². The standard InChI is InChI=1S/C18H23N5O/c1-3-15-16(4-2)21-22-18(20-15)19-14-9-7-13(8-10-14)12-23-11-5-6-17(23)24/h7-10H,3-6,11-12H2,1-2H3,(H,19,20,22). The third-order valence-corrected chi connectivity index (χ3v) is 4.26. The number of hydrogen-bond acceptors (Lipinski definition) is 5. The number of carbonyl (C=O) groups is 1. The van der Waals surface area contributed by atoms with Crippen molar-refractivity contribution in [2.75, 3.05) is 11.9 Å². The van der Waals surface area contributed by atoms with E-state index in [1.54, 1.807) is 0 Å². The minimum Gasteiger partial charge on any atom is -0.338 e. The van der Waals surface area contributed by atoms with Crippen molar-refractivity contribution in [3.8, 4) is 0 Å². The molecule has 6 heteroatoms. The monoisotopic (exact) mass is 325 g/mol. The van der Waals surface area contributed by atoms with Gasteiger partial charge in [-0.1, -0.05) is 26.0 Å². The molecule has 1 amide bonds. The van der Waals surface area contributed by atoms with Crippen LogP contribution in [0.2, 0.25) is 0 Å². The lowest BCUT2D eigenvalue weighted by Crippen LogP contribution is -2.23. The Hall–Kier alpha value is -2.50. The fourth-order valence-electron chi connectivity index (χ4n) is 2.91. The van der Waals surface area contributed by atoms with Crippen LogP contribution in [0.3, 0.4) is 0 Å². The Morgan fingerprint density at radius 2 is 1.83 bits per heavy atom. The molecule has 6 nitrogen and oxygen atoms in total. The summed E-state index contributed by atoms with van der Waals surface area (Å²) in [6.45, 7) is 5.67. The van der Waals surface area contributed by atoms with Crippen molar-refractivity contribution in [3.05, 3.63) is 41.2 Å². The van der Waals surface area contributed by atoms with Gasteiger partial charge in [-0.05, 0) is 37.0 Å². The molecule has 1 aromatic carbocycles. The average molecular weight is 325 g/mol. The first kappa shape index (κ1) is 16.4. The van der Waals surface area contributed by atoms with Crippen LogP contribution in [0.25, 0.3) is 0 Å². The molecule has 1 aliphatic rings. The van der Waals surface area contributed by atoms with Crippen LogP contribution in [-0.4, -0.2) is 32.5 Å². The Balaban J connectivity index is 1.66. The van der Waals surface area contributed by atoms with E-state index in [0.29, 0.717) is 18.9 Å². The van der Waals surface area contributed by atoms with Crippen LogP contribution >= 0.6 is 0 Å². The number of nitrogens with one attached hydrogen (secondary N) is 1. The summed E-state index contributed by atoms with van der Waals surface area (Å²) in [5.41, 5.74) is 3.98. The number of aryl methyl sites for hydroxylation is 2. The van der Waals surface area contributed by atoms with E-state index < -0.39 is 0 Å². The molecule has 1 fully saturated rings. The fraction of sp³-hybridized carbons (Fsp3) is 0.444. The molecule has 24 heavy (non-hydrogen) atoms. The molecule has 0 spiro atoms. The van der Waals surface area contributed by atoms with Crippen LogP contribution in [0.5, 0.6) is 0 Å². The van der Waals surface area contributed by atoms with E-state index in [4.69, 9.17) is 0 Å². The van der Waals surface area contributed by atoms with Crippen molar-refractivity contribution in [2.24, 2.45) is 0 Å². The van der Waals surface area contributed by atoms with E-state index in [2.05, 4.69) is 34.3 Å². The smallest absolute Gasteiger partial charge is 0.247 e. The van der Waals surface area contributed by atoms with Crippen molar-refractivity contribution >= 4 is 17.5 Å². The minimum atomic E-state index is 0.250. The lowest BCUT2D eigenvalue weighted by Gasteiger charge is -2.15. The molecule has 2 heterocycles. The first-order chi connectivity index (χ1) is 11.7. The summed E-state index contributed by atoms with van der Waals surface area (Å²) in [5.74, 6) is 0.770. The van der Waals surface area contributed by atoms with Gasteiger partial charge >= 0.3 is 0 Å². The zero-order chi connectivity index (χ0) is 16.9.